The number of aryl methyl sites for hydroxylation is 1. The Hall–Kier alpha value is -0.830. The molecule has 92 valence electrons. The number of carbonyl (C=O) groups is 1. The summed E-state index contributed by atoms with van der Waals surface area (Å²) in [5.41, 5.74) is 1.94. The fraction of sp³-hybridized carbons (Fsp3) is 0.500. The summed E-state index contributed by atoms with van der Waals surface area (Å²) in [5.74, 6) is 0.0402. The van der Waals surface area contributed by atoms with Gasteiger partial charge in [0.05, 0.1) is 5.56 Å². The van der Waals surface area contributed by atoms with Crippen LogP contribution in [-0.4, -0.2) is 11.4 Å². The number of hydrogen-bond acceptors (Lipinski definition) is 1. The summed E-state index contributed by atoms with van der Waals surface area (Å²) in [4.78, 5) is 12.2. The summed E-state index contributed by atoms with van der Waals surface area (Å²) >= 11 is 3.46. The Bertz CT molecular complexity index is 432. The molecule has 1 aliphatic carbocycles. The number of amides is 1. The van der Waals surface area contributed by atoms with Gasteiger partial charge in [-0.3, -0.25) is 4.79 Å². The first-order valence-electron chi connectivity index (χ1n) is 6.15. The number of rotatable bonds is 3. The maximum atomic E-state index is 12.2. The Balaban J connectivity index is 2.14. The summed E-state index contributed by atoms with van der Waals surface area (Å²) < 4.78 is 0.876. The van der Waals surface area contributed by atoms with E-state index in [-0.39, 0.29) is 11.4 Å². The van der Waals surface area contributed by atoms with E-state index in [9.17, 15) is 4.79 Å². The van der Waals surface area contributed by atoms with Gasteiger partial charge < -0.3 is 5.32 Å². The Kier molecular flexibility index (Phi) is 3.57. The average molecular weight is 296 g/mol. The van der Waals surface area contributed by atoms with Gasteiger partial charge in [-0.05, 0) is 66.2 Å². The molecule has 17 heavy (non-hydrogen) atoms. The molecule has 2 rings (SSSR count). The van der Waals surface area contributed by atoms with E-state index in [1.807, 2.05) is 25.1 Å². The van der Waals surface area contributed by atoms with Gasteiger partial charge in [0.1, 0.15) is 0 Å². The van der Waals surface area contributed by atoms with E-state index in [0.717, 1.165) is 34.9 Å². The molecular formula is C14H18BrNO. The highest BCUT2D eigenvalue weighted by atomic mass is 79.9. The zero-order valence-electron chi connectivity index (χ0n) is 10.3. The third-order valence-electron chi connectivity index (χ3n) is 3.74. The van der Waals surface area contributed by atoms with Crippen molar-refractivity contribution in [3.63, 3.8) is 0 Å². The molecule has 1 fully saturated rings. The highest BCUT2D eigenvalue weighted by Gasteiger charge is 2.36. The Labute approximate surface area is 111 Å². The van der Waals surface area contributed by atoms with Gasteiger partial charge >= 0.3 is 0 Å². The van der Waals surface area contributed by atoms with Crippen molar-refractivity contribution in [1.82, 2.24) is 5.32 Å². The van der Waals surface area contributed by atoms with Crippen LogP contribution in [0.5, 0.6) is 0 Å². The normalized spacial score (nSPS) is 17.4. The highest BCUT2D eigenvalue weighted by molar-refractivity contribution is 9.10. The van der Waals surface area contributed by atoms with Crippen molar-refractivity contribution in [2.75, 3.05) is 0 Å². The van der Waals surface area contributed by atoms with Crippen LogP contribution < -0.4 is 5.32 Å². The molecule has 2 nitrogen and oxygen atoms in total. The van der Waals surface area contributed by atoms with Crippen LogP contribution >= 0.6 is 15.9 Å². The molecule has 0 atom stereocenters. The second-order valence-electron chi connectivity index (χ2n) is 4.92. The van der Waals surface area contributed by atoms with Crippen molar-refractivity contribution in [3.05, 3.63) is 33.8 Å². The fourth-order valence-electron chi connectivity index (χ4n) is 2.28. The van der Waals surface area contributed by atoms with Crippen molar-refractivity contribution >= 4 is 21.8 Å². The van der Waals surface area contributed by atoms with Gasteiger partial charge in [-0.1, -0.05) is 13.0 Å². The van der Waals surface area contributed by atoms with E-state index in [0.29, 0.717) is 0 Å². The van der Waals surface area contributed by atoms with Crippen molar-refractivity contribution in [3.8, 4) is 0 Å². The molecule has 1 aromatic carbocycles. The Morgan fingerprint density at radius 3 is 2.65 bits per heavy atom. The van der Waals surface area contributed by atoms with E-state index in [1.165, 1.54) is 6.42 Å². The predicted molar refractivity (Wildman–Crippen MR) is 73.2 cm³/mol. The first-order chi connectivity index (χ1) is 8.06. The molecule has 3 heteroatoms. The monoisotopic (exact) mass is 295 g/mol. The molecule has 1 amide bonds. The standard InChI is InChI=1S/C14H18BrNO/c1-3-14(7-4-8-14)16-13(17)11-6-5-10(2)9-12(11)15/h5-6,9H,3-4,7-8H2,1-2H3,(H,16,17). The minimum atomic E-state index is 0.0402. The lowest BCUT2D eigenvalue weighted by Crippen LogP contribution is -2.53. The van der Waals surface area contributed by atoms with Gasteiger partial charge in [0.15, 0.2) is 0 Å². The van der Waals surface area contributed by atoms with Gasteiger partial charge in [0.2, 0.25) is 0 Å². The maximum Gasteiger partial charge on any atom is 0.252 e. The molecule has 1 aromatic rings. The van der Waals surface area contributed by atoms with Crippen molar-refractivity contribution in [2.45, 2.75) is 45.1 Å². The molecule has 0 radical (unpaired) electrons. The fourth-order valence-corrected chi connectivity index (χ4v) is 2.96. The van der Waals surface area contributed by atoms with E-state index in [2.05, 4.69) is 28.2 Å². The zero-order valence-corrected chi connectivity index (χ0v) is 11.9. The molecule has 0 aromatic heterocycles. The zero-order chi connectivity index (χ0) is 12.5. The van der Waals surface area contributed by atoms with Crippen LogP contribution in [0, 0.1) is 6.92 Å². The van der Waals surface area contributed by atoms with E-state index >= 15 is 0 Å². The van der Waals surface area contributed by atoms with Crippen LogP contribution in [0.15, 0.2) is 22.7 Å². The first-order valence-corrected chi connectivity index (χ1v) is 6.94. The van der Waals surface area contributed by atoms with Crippen molar-refractivity contribution in [2.24, 2.45) is 0 Å². The average Bonchev–Trinajstić information content (AvgIpc) is 2.23. The molecular weight excluding hydrogens is 278 g/mol. The molecule has 0 saturated heterocycles. The molecule has 0 heterocycles. The van der Waals surface area contributed by atoms with E-state index < -0.39 is 0 Å². The lowest BCUT2D eigenvalue weighted by molar-refractivity contribution is 0.0819. The van der Waals surface area contributed by atoms with Gasteiger partial charge in [0, 0.05) is 10.0 Å². The molecule has 0 unspecified atom stereocenters. The largest absolute Gasteiger partial charge is 0.347 e. The maximum absolute atomic E-state index is 12.2. The van der Waals surface area contributed by atoms with Crippen LogP contribution in [0.2, 0.25) is 0 Å². The number of benzene rings is 1. The second kappa shape index (κ2) is 4.81. The van der Waals surface area contributed by atoms with Crippen LogP contribution in [-0.2, 0) is 0 Å². The lowest BCUT2D eigenvalue weighted by atomic mass is 9.74. The molecule has 0 bridgehead atoms. The molecule has 0 aliphatic heterocycles. The number of hydrogen-bond donors (Lipinski definition) is 1. The van der Waals surface area contributed by atoms with E-state index in [4.69, 9.17) is 0 Å². The minimum absolute atomic E-state index is 0.0402. The molecule has 1 N–H and O–H groups in total. The quantitative estimate of drug-likeness (QED) is 0.902. The van der Waals surface area contributed by atoms with Crippen molar-refractivity contribution in [1.29, 1.82) is 0 Å². The summed E-state index contributed by atoms with van der Waals surface area (Å²) in [6.07, 6.45) is 4.46. The van der Waals surface area contributed by atoms with Gasteiger partial charge in [-0.15, -0.1) is 0 Å². The summed E-state index contributed by atoms with van der Waals surface area (Å²) in [6, 6.07) is 5.84. The molecule has 0 spiro atoms. The van der Waals surface area contributed by atoms with Crippen LogP contribution in [0.3, 0.4) is 0 Å². The topological polar surface area (TPSA) is 29.1 Å². The first kappa shape index (κ1) is 12.6. The molecule has 1 aliphatic rings. The lowest BCUT2D eigenvalue weighted by Gasteiger charge is -2.42. The van der Waals surface area contributed by atoms with Gasteiger partial charge in [-0.2, -0.15) is 0 Å². The summed E-state index contributed by atoms with van der Waals surface area (Å²) in [5, 5.41) is 3.19. The summed E-state index contributed by atoms with van der Waals surface area (Å²) in [6.45, 7) is 4.16. The Morgan fingerprint density at radius 1 is 1.47 bits per heavy atom. The smallest absolute Gasteiger partial charge is 0.252 e. The highest BCUT2D eigenvalue weighted by Crippen LogP contribution is 2.35. The van der Waals surface area contributed by atoms with Crippen LogP contribution in [0.1, 0.15) is 48.5 Å². The predicted octanol–water partition coefficient (Wildman–Crippen LogP) is 3.82. The van der Waals surface area contributed by atoms with E-state index in [1.54, 1.807) is 0 Å². The van der Waals surface area contributed by atoms with Crippen LogP contribution in [0.25, 0.3) is 0 Å². The molecule has 1 saturated carbocycles. The Morgan fingerprint density at radius 2 is 2.18 bits per heavy atom. The van der Waals surface area contributed by atoms with Gasteiger partial charge in [0.25, 0.3) is 5.91 Å². The SMILES string of the molecule is CCC1(NC(=O)c2ccc(C)cc2Br)CCC1. The van der Waals surface area contributed by atoms with Crippen molar-refractivity contribution < 1.29 is 4.79 Å². The van der Waals surface area contributed by atoms with Crippen LogP contribution in [0.4, 0.5) is 0 Å². The minimum Gasteiger partial charge on any atom is -0.347 e. The number of nitrogens with one attached hydrogen (secondary N) is 1. The third-order valence-corrected chi connectivity index (χ3v) is 4.39. The third kappa shape index (κ3) is 2.54. The second-order valence-corrected chi connectivity index (χ2v) is 5.78. The number of halogens is 1. The summed E-state index contributed by atoms with van der Waals surface area (Å²) in [7, 11) is 0. The van der Waals surface area contributed by atoms with Gasteiger partial charge in [-0.25, -0.2) is 0 Å². The number of carbonyl (C=O) groups excluding carboxylic acids is 1.